The number of nitrogens with zero attached hydrogens (tertiary/aromatic N) is 1. The van der Waals surface area contributed by atoms with Crippen LogP contribution in [0.1, 0.15) is 11.1 Å². The van der Waals surface area contributed by atoms with Crippen LogP contribution in [0.15, 0.2) is 71.2 Å². The van der Waals surface area contributed by atoms with E-state index >= 15 is 0 Å². The Balaban J connectivity index is 1.66. The van der Waals surface area contributed by atoms with Gasteiger partial charge in [-0.15, -0.1) is 0 Å². The molecule has 0 saturated heterocycles. The minimum Gasteiger partial charge on any atom is -0.483 e. The van der Waals surface area contributed by atoms with Crippen LogP contribution in [0.5, 0.6) is 5.75 Å². The molecule has 0 fully saturated rings. The van der Waals surface area contributed by atoms with Crippen LogP contribution in [0.4, 0.5) is 10.1 Å². The molecule has 1 N–H and O–H groups in total. The molecule has 0 unspecified atom stereocenters. The van der Waals surface area contributed by atoms with Gasteiger partial charge >= 0.3 is 0 Å². The molecule has 1 amide bonds. The molecule has 3 rings (SSSR count). The van der Waals surface area contributed by atoms with Gasteiger partial charge in [0.25, 0.3) is 5.91 Å². The number of amides is 1. The summed E-state index contributed by atoms with van der Waals surface area (Å²) in [6.45, 7) is -0.209. The van der Waals surface area contributed by atoms with Gasteiger partial charge in [-0.1, -0.05) is 29.8 Å². The first-order valence-electron chi connectivity index (χ1n) is 8.80. The van der Waals surface area contributed by atoms with Crippen LogP contribution in [0, 0.1) is 17.1 Å². The van der Waals surface area contributed by atoms with Gasteiger partial charge in [-0.05, 0) is 81.7 Å². The van der Waals surface area contributed by atoms with Gasteiger partial charge in [-0.25, -0.2) is 4.39 Å². The number of carbonyl (C=O) groups excluding carboxylic acids is 1. The van der Waals surface area contributed by atoms with Crippen LogP contribution in [-0.2, 0) is 4.79 Å². The number of nitrogens with one attached hydrogen (secondary N) is 1. The van der Waals surface area contributed by atoms with Crippen molar-refractivity contribution >= 4 is 50.8 Å². The van der Waals surface area contributed by atoms with Gasteiger partial charge in [0.1, 0.15) is 11.6 Å². The third-order valence-electron chi connectivity index (χ3n) is 4.03. The summed E-state index contributed by atoms with van der Waals surface area (Å²) < 4.78 is 19.1. The Morgan fingerprint density at radius 1 is 1.13 bits per heavy atom. The molecule has 3 aromatic carbocycles. The second-order valence-corrected chi connectivity index (χ2v) is 7.50. The Kier molecular flexibility index (Phi) is 7.23. The van der Waals surface area contributed by atoms with Crippen molar-refractivity contribution in [1.29, 1.82) is 5.26 Å². The van der Waals surface area contributed by atoms with Crippen molar-refractivity contribution in [1.82, 2.24) is 0 Å². The fourth-order valence-corrected chi connectivity index (χ4v) is 3.21. The molecule has 0 aliphatic carbocycles. The summed E-state index contributed by atoms with van der Waals surface area (Å²) in [7, 11) is 0. The van der Waals surface area contributed by atoms with E-state index in [1.807, 2.05) is 0 Å². The minimum atomic E-state index is -0.377. The summed E-state index contributed by atoms with van der Waals surface area (Å²) in [6.07, 6.45) is 1.75. The van der Waals surface area contributed by atoms with Gasteiger partial charge in [-0.3, -0.25) is 4.79 Å². The molecule has 0 aliphatic heterocycles. The number of carbonyl (C=O) groups is 1. The monoisotopic (exact) mass is 484 g/mol. The first-order chi connectivity index (χ1) is 14.4. The molecular weight excluding hydrogens is 471 g/mol. The smallest absolute Gasteiger partial charge is 0.262 e. The standard InChI is InChI=1S/C23H15BrClFN2O2/c24-21-12-15(11-17(13-27)16-2-4-18(25)5-3-16)1-10-22(21)30-14-23(29)28-20-8-6-19(26)7-9-20/h1-12H,14H2,(H,28,29). The number of anilines is 1. The molecule has 0 heterocycles. The number of ether oxygens (including phenoxy) is 1. The Morgan fingerprint density at radius 3 is 2.47 bits per heavy atom. The van der Waals surface area contributed by atoms with E-state index in [4.69, 9.17) is 16.3 Å². The first kappa shape index (κ1) is 21.6. The predicted octanol–water partition coefficient (Wildman–Crippen LogP) is 6.32. The number of hydrogen-bond acceptors (Lipinski definition) is 3. The molecule has 0 spiro atoms. The highest BCUT2D eigenvalue weighted by molar-refractivity contribution is 9.10. The summed E-state index contributed by atoms with van der Waals surface area (Å²) >= 11 is 9.32. The maximum Gasteiger partial charge on any atom is 0.262 e. The highest BCUT2D eigenvalue weighted by Gasteiger charge is 2.08. The van der Waals surface area contributed by atoms with Crippen LogP contribution >= 0.6 is 27.5 Å². The topological polar surface area (TPSA) is 62.1 Å². The van der Waals surface area contributed by atoms with Crippen LogP contribution in [-0.4, -0.2) is 12.5 Å². The number of halogens is 3. The normalized spacial score (nSPS) is 10.9. The summed E-state index contributed by atoms with van der Waals surface area (Å²) in [5.74, 6) is -0.267. The molecular formula is C23H15BrClFN2O2. The van der Waals surface area contributed by atoms with Crippen molar-refractivity contribution in [2.45, 2.75) is 0 Å². The lowest BCUT2D eigenvalue weighted by Crippen LogP contribution is -2.20. The maximum atomic E-state index is 12.9. The van der Waals surface area contributed by atoms with Crippen molar-refractivity contribution < 1.29 is 13.9 Å². The summed E-state index contributed by atoms with van der Waals surface area (Å²) in [4.78, 5) is 12.0. The molecule has 0 atom stereocenters. The molecule has 0 bridgehead atoms. The zero-order valence-electron chi connectivity index (χ0n) is 15.5. The van der Waals surface area contributed by atoms with Crippen LogP contribution < -0.4 is 10.1 Å². The van der Waals surface area contributed by atoms with E-state index in [2.05, 4.69) is 27.3 Å². The molecule has 30 heavy (non-hydrogen) atoms. The maximum absolute atomic E-state index is 12.9. The van der Waals surface area contributed by atoms with Crippen LogP contribution in [0.25, 0.3) is 11.6 Å². The van der Waals surface area contributed by atoms with Crippen molar-refractivity contribution in [3.8, 4) is 11.8 Å². The van der Waals surface area contributed by atoms with E-state index < -0.39 is 0 Å². The Hall–Kier alpha value is -3.14. The average molecular weight is 486 g/mol. The van der Waals surface area contributed by atoms with Crippen molar-refractivity contribution in [3.63, 3.8) is 0 Å². The first-order valence-corrected chi connectivity index (χ1v) is 9.97. The largest absolute Gasteiger partial charge is 0.483 e. The highest BCUT2D eigenvalue weighted by Crippen LogP contribution is 2.28. The van der Waals surface area contributed by atoms with Crippen LogP contribution in [0.3, 0.4) is 0 Å². The number of rotatable bonds is 6. The molecule has 0 aromatic heterocycles. The SMILES string of the molecule is N#CC(=Cc1ccc(OCC(=O)Nc2ccc(F)cc2)c(Br)c1)c1ccc(Cl)cc1. The fourth-order valence-electron chi connectivity index (χ4n) is 2.57. The summed E-state index contributed by atoms with van der Waals surface area (Å²) in [5, 5.41) is 12.7. The van der Waals surface area contributed by atoms with E-state index in [1.165, 1.54) is 24.3 Å². The minimum absolute atomic E-state index is 0.209. The number of benzene rings is 3. The average Bonchev–Trinajstić information content (AvgIpc) is 2.74. The van der Waals surface area contributed by atoms with Crippen molar-refractivity contribution in [3.05, 3.63) is 93.2 Å². The van der Waals surface area contributed by atoms with Gasteiger partial charge in [0.2, 0.25) is 0 Å². The van der Waals surface area contributed by atoms with E-state index in [9.17, 15) is 14.4 Å². The third kappa shape index (κ3) is 5.93. The quantitative estimate of drug-likeness (QED) is 0.328. The fraction of sp³-hybridized carbons (Fsp3) is 0.0435. The lowest BCUT2D eigenvalue weighted by molar-refractivity contribution is -0.118. The van der Waals surface area contributed by atoms with Crippen molar-refractivity contribution in [2.75, 3.05) is 11.9 Å². The Bertz CT molecular complexity index is 1120. The number of nitriles is 1. The van der Waals surface area contributed by atoms with Gasteiger partial charge in [0.05, 0.1) is 16.1 Å². The highest BCUT2D eigenvalue weighted by atomic mass is 79.9. The molecule has 0 saturated carbocycles. The summed E-state index contributed by atoms with van der Waals surface area (Å²) in [5.41, 5.74) is 2.52. The molecule has 0 aliphatic rings. The molecule has 7 heteroatoms. The summed E-state index contributed by atoms with van der Waals surface area (Å²) in [6, 6.07) is 19.9. The second kappa shape index (κ2) is 10.1. The number of hydrogen-bond donors (Lipinski definition) is 1. The predicted molar refractivity (Wildman–Crippen MR) is 120 cm³/mol. The number of allylic oxidation sites excluding steroid dienone is 1. The van der Waals surface area contributed by atoms with Crippen molar-refractivity contribution in [2.24, 2.45) is 0 Å². The van der Waals surface area contributed by atoms with E-state index in [0.717, 1.165) is 11.1 Å². The van der Waals surface area contributed by atoms with Gasteiger partial charge < -0.3 is 10.1 Å². The van der Waals surface area contributed by atoms with E-state index in [0.29, 0.717) is 26.5 Å². The van der Waals surface area contributed by atoms with Gasteiger partial charge in [0, 0.05) is 10.7 Å². The molecule has 0 radical (unpaired) electrons. The molecule has 150 valence electrons. The zero-order chi connectivity index (χ0) is 21.5. The van der Waals surface area contributed by atoms with E-state index in [-0.39, 0.29) is 18.3 Å². The molecule has 4 nitrogen and oxygen atoms in total. The molecule has 3 aromatic rings. The van der Waals surface area contributed by atoms with Crippen LogP contribution in [0.2, 0.25) is 5.02 Å². The lowest BCUT2D eigenvalue weighted by Gasteiger charge is -2.10. The Labute approximate surface area is 186 Å². The second-order valence-electron chi connectivity index (χ2n) is 6.21. The van der Waals surface area contributed by atoms with E-state index in [1.54, 1.807) is 48.5 Å². The third-order valence-corrected chi connectivity index (χ3v) is 4.90. The Morgan fingerprint density at radius 2 is 1.83 bits per heavy atom. The van der Waals surface area contributed by atoms with Gasteiger partial charge in [-0.2, -0.15) is 5.26 Å². The van der Waals surface area contributed by atoms with Gasteiger partial charge in [0.15, 0.2) is 6.61 Å². The lowest BCUT2D eigenvalue weighted by atomic mass is 10.0. The zero-order valence-corrected chi connectivity index (χ0v) is 17.9.